The van der Waals surface area contributed by atoms with Crippen molar-refractivity contribution in [3.63, 3.8) is 0 Å². The van der Waals surface area contributed by atoms with Crippen molar-refractivity contribution in [1.82, 2.24) is 10.2 Å². The Labute approximate surface area is 98.4 Å². The molecule has 3 nitrogen and oxygen atoms in total. The van der Waals surface area contributed by atoms with Gasteiger partial charge in [0.1, 0.15) is 11.4 Å². The number of rotatable bonds is 2. The van der Waals surface area contributed by atoms with Gasteiger partial charge in [0.05, 0.1) is 17.5 Å². The normalized spacial score (nSPS) is 11.6. The summed E-state index contributed by atoms with van der Waals surface area (Å²) < 4.78 is 51.3. The van der Waals surface area contributed by atoms with Gasteiger partial charge >= 0.3 is 6.18 Å². The Balaban J connectivity index is 2.67. The maximum atomic E-state index is 13.3. The number of aromatic nitrogens is 2. The van der Waals surface area contributed by atoms with Crippen LogP contribution in [0.5, 0.6) is 0 Å². The second-order valence-electron chi connectivity index (χ2n) is 3.48. The number of nitrogens with one attached hydrogen (secondary N) is 1. The number of aldehydes is 1. The maximum absolute atomic E-state index is 13.3. The first kappa shape index (κ1) is 12.3. The van der Waals surface area contributed by atoms with Crippen molar-refractivity contribution < 1.29 is 22.4 Å². The minimum atomic E-state index is -4.63. The van der Waals surface area contributed by atoms with Crippen molar-refractivity contribution in [1.29, 1.82) is 0 Å². The molecule has 0 spiro atoms. The standard InChI is InChI=1S/C11H6F4N2O/c12-9-3-1-2-6(7(9)5-18)10-8(4-16-17-10)11(13,14)15/h1-5H,(H,16,17). The number of benzene rings is 1. The molecule has 18 heavy (non-hydrogen) atoms. The van der Waals surface area contributed by atoms with E-state index in [1.165, 1.54) is 12.1 Å². The molecule has 0 fully saturated rings. The molecule has 1 aromatic carbocycles. The quantitative estimate of drug-likeness (QED) is 0.664. The van der Waals surface area contributed by atoms with Crippen LogP contribution in [0.25, 0.3) is 11.3 Å². The first-order valence-corrected chi connectivity index (χ1v) is 4.79. The smallest absolute Gasteiger partial charge is 0.298 e. The number of halogens is 4. The summed E-state index contributed by atoms with van der Waals surface area (Å²) in [7, 11) is 0. The molecule has 2 rings (SSSR count). The third-order valence-corrected chi connectivity index (χ3v) is 2.38. The monoisotopic (exact) mass is 258 g/mol. The molecule has 0 aliphatic carbocycles. The number of H-pyrrole nitrogens is 1. The summed E-state index contributed by atoms with van der Waals surface area (Å²) in [6.07, 6.45) is -3.87. The SMILES string of the molecule is O=Cc1c(F)cccc1-c1[nH]ncc1C(F)(F)F. The molecule has 0 atom stereocenters. The zero-order chi connectivity index (χ0) is 13.3. The van der Waals surface area contributed by atoms with Crippen molar-refractivity contribution >= 4 is 6.29 Å². The van der Waals surface area contributed by atoms with Crippen LogP contribution >= 0.6 is 0 Å². The van der Waals surface area contributed by atoms with E-state index in [1.54, 1.807) is 0 Å². The maximum Gasteiger partial charge on any atom is 0.420 e. The topological polar surface area (TPSA) is 45.8 Å². The first-order chi connectivity index (χ1) is 8.45. The summed E-state index contributed by atoms with van der Waals surface area (Å²) >= 11 is 0. The predicted molar refractivity (Wildman–Crippen MR) is 54.4 cm³/mol. The van der Waals surface area contributed by atoms with Gasteiger partial charge in [0.25, 0.3) is 0 Å². The number of hydrogen-bond acceptors (Lipinski definition) is 2. The lowest BCUT2D eigenvalue weighted by Crippen LogP contribution is -2.06. The van der Waals surface area contributed by atoms with Gasteiger partial charge in [-0.15, -0.1) is 0 Å². The molecule has 7 heteroatoms. The summed E-state index contributed by atoms with van der Waals surface area (Å²) in [6.45, 7) is 0. The summed E-state index contributed by atoms with van der Waals surface area (Å²) in [4.78, 5) is 10.7. The van der Waals surface area contributed by atoms with E-state index in [9.17, 15) is 22.4 Å². The van der Waals surface area contributed by atoms with Crippen molar-refractivity contribution in [2.24, 2.45) is 0 Å². The molecule has 0 saturated heterocycles. The van der Waals surface area contributed by atoms with E-state index >= 15 is 0 Å². The van der Waals surface area contributed by atoms with Gasteiger partial charge < -0.3 is 0 Å². The fourth-order valence-electron chi connectivity index (χ4n) is 1.58. The van der Waals surface area contributed by atoms with Gasteiger partial charge in [-0.05, 0) is 6.07 Å². The highest BCUT2D eigenvalue weighted by molar-refractivity contribution is 5.87. The van der Waals surface area contributed by atoms with Crippen LogP contribution in [0, 0.1) is 5.82 Å². The molecule has 94 valence electrons. The van der Waals surface area contributed by atoms with Gasteiger partial charge in [0.15, 0.2) is 6.29 Å². The lowest BCUT2D eigenvalue weighted by Gasteiger charge is -2.09. The molecule has 1 heterocycles. The second kappa shape index (κ2) is 4.25. The van der Waals surface area contributed by atoms with Crippen LogP contribution in [-0.4, -0.2) is 16.5 Å². The zero-order valence-electron chi connectivity index (χ0n) is 8.75. The van der Waals surface area contributed by atoms with Crippen LogP contribution in [0.15, 0.2) is 24.4 Å². The number of hydrogen-bond donors (Lipinski definition) is 1. The van der Waals surface area contributed by atoms with E-state index < -0.39 is 28.8 Å². The van der Waals surface area contributed by atoms with E-state index in [2.05, 4.69) is 10.2 Å². The van der Waals surface area contributed by atoms with E-state index in [0.29, 0.717) is 6.20 Å². The Bertz CT molecular complexity index is 589. The number of carbonyl (C=O) groups excluding carboxylic acids is 1. The lowest BCUT2D eigenvalue weighted by atomic mass is 10.0. The molecule has 0 aliphatic rings. The highest BCUT2D eigenvalue weighted by Crippen LogP contribution is 2.36. The Kier molecular flexibility index (Phi) is 2.90. The fraction of sp³-hybridized carbons (Fsp3) is 0.0909. The van der Waals surface area contributed by atoms with Crippen LogP contribution in [0.1, 0.15) is 15.9 Å². The van der Waals surface area contributed by atoms with Crippen LogP contribution in [0.3, 0.4) is 0 Å². The summed E-state index contributed by atoms with van der Waals surface area (Å²) in [5.41, 5.74) is -2.08. The highest BCUT2D eigenvalue weighted by Gasteiger charge is 2.36. The zero-order valence-corrected chi connectivity index (χ0v) is 8.75. The van der Waals surface area contributed by atoms with Crippen LogP contribution in [-0.2, 0) is 6.18 Å². The van der Waals surface area contributed by atoms with Crippen molar-refractivity contribution in [3.05, 3.63) is 41.3 Å². The van der Waals surface area contributed by atoms with Gasteiger partial charge in [-0.25, -0.2) is 4.39 Å². The number of aromatic amines is 1. The largest absolute Gasteiger partial charge is 0.420 e. The van der Waals surface area contributed by atoms with Crippen LogP contribution in [0.2, 0.25) is 0 Å². The average Bonchev–Trinajstić information content (AvgIpc) is 2.77. The Morgan fingerprint density at radius 2 is 2.00 bits per heavy atom. The van der Waals surface area contributed by atoms with Gasteiger partial charge in [-0.1, -0.05) is 12.1 Å². The van der Waals surface area contributed by atoms with Crippen LogP contribution in [0.4, 0.5) is 17.6 Å². The molecule has 0 unspecified atom stereocenters. The van der Waals surface area contributed by atoms with Crippen LogP contribution < -0.4 is 0 Å². The lowest BCUT2D eigenvalue weighted by molar-refractivity contribution is -0.137. The Morgan fingerprint density at radius 3 is 2.61 bits per heavy atom. The van der Waals surface area contributed by atoms with Gasteiger partial charge in [-0.3, -0.25) is 9.89 Å². The third-order valence-electron chi connectivity index (χ3n) is 2.38. The Hall–Kier alpha value is -2.18. The van der Waals surface area contributed by atoms with Crippen molar-refractivity contribution in [2.45, 2.75) is 6.18 Å². The molecular weight excluding hydrogens is 252 g/mol. The second-order valence-corrected chi connectivity index (χ2v) is 3.48. The van der Waals surface area contributed by atoms with Gasteiger partial charge in [-0.2, -0.15) is 18.3 Å². The minimum absolute atomic E-state index is 0.171. The summed E-state index contributed by atoms with van der Waals surface area (Å²) in [5, 5.41) is 5.42. The molecular formula is C11H6F4N2O. The van der Waals surface area contributed by atoms with Gasteiger partial charge in [0, 0.05) is 5.56 Å². The first-order valence-electron chi connectivity index (χ1n) is 4.79. The fourth-order valence-corrected chi connectivity index (χ4v) is 1.58. The number of nitrogens with zero attached hydrogens (tertiary/aromatic N) is 1. The summed E-state index contributed by atoms with van der Waals surface area (Å²) in [5.74, 6) is -0.884. The Morgan fingerprint density at radius 1 is 1.28 bits per heavy atom. The van der Waals surface area contributed by atoms with E-state index in [-0.39, 0.29) is 11.8 Å². The van der Waals surface area contributed by atoms with E-state index in [1.807, 2.05) is 0 Å². The van der Waals surface area contributed by atoms with E-state index in [0.717, 1.165) is 6.07 Å². The molecule has 1 aromatic heterocycles. The third kappa shape index (κ3) is 1.99. The number of alkyl halides is 3. The summed E-state index contributed by atoms with van der Waals surface area (Å²) in [6, 6.07) is 3.44. The molecule has 0 aliphatic heterocycles. The van der Waals surface area contributed by atoms with Crippen molar-refractivity contribution in [3.8, 4) is 11.3 Å². The minimum Gasteiger partial charge on any atom is -0.298 e. The molecule has 0 bridgehead atoms. The molecule has 0 saturated carbocycles. The predicted octanol–water partition coefficient (Wildman–Crippen LogP) is 3.05. The molecule has 2 aromatic rings. The van der Waals surface area contributed by atoms with Crippen molar-refractivity contribution in [2.75, 3.05) is 0 Å². The molecule has 0 amide bonds. The average molecular weight is 258 g/mol. The molecule has 0 radical (unpaired) electrons. The molecule has 1 N–H and O–H groups in total. The van der Waals surface area contributed by atoms with Gasteiger partial charge in [0.2, 0.25) is 0 Å². The number of carbonyl (C=O) groups is 1. The van der Waals surface area contributed by atoms with E-state index in [4.69, 9.17) is 0 Å². The highest BCUT2D eigenvalue weighted by atomic mass is 19.4.